The maximum atomic E-state index is 12.3. The number of carbonyl (C=O) groups is 1. The number of halogens is 2. The van der Waals surface area contributed by atoms with Crippen molar-refractivity contribution in [2.75, 3.05) is 0 Å². The minimum Gasteiger partial charge on any atom is -0.292 e. The maximum Gasteiger partial charge on any atom is 0.303 e. The standard InChI is InChI=1S/C8H7F2O.C5H5.Fe/c1-8(9,10)7(11)6-4-2-3-5-6;1-2-4-5-3-1;/h2-5H,1H3;1-5H;. The largest absolute Gasteiger partial charge is 0.303 e. The quantitative estimate of drug-likeness (QED) is 0.710. The molecule has 0 aliphatic heterocycles. The summed E-state index contributed by atoms with van der Waals surface area (Å²) in [7, 11) is 0. The van der Waals surface area contributed by atoms with Gasteiger partial charge < -0.3 is 0 Å². The molecule has 0 heterocycles. The van der Waals surface area contributed by atoms with Crippen molar-refractivity contribution in [3.05, 3.63) is 63.7 Å². The first-order chi connectivity index (χ1) is 7.52. The molecular formula is C13H12F2FeO. The Balaban J connectivity index is 0.000000360. The van der Waals surface area contributed by atoms with Gasteiger partial charge in [-0.15, -0.1) is 0 Å². The predicted molar refractivity (Wildman–Crippen MR) is 57.6 cm³/mol. The average molecular weight is 278 g/mol. The van der Waals surface area contributed by atoms with E-state index in [0.29, 0.717) is 6.92 Å². The van der Waals surface area contributed by atoms with Crippen molar-refractivity contribution in [3.8, 4) is 0 Å². The average Bonchev–Trinajstić information content (AvgIpc) is 2.91. The SMILES string of the molecule is CC(F)(F)C(=O)[C]1[CH][CH][CH][CH]1.[CH]1[CH][CH][CH][CH]1.[Fe]. The van der Waals surface area contributed by atoms with Crippen LogP contribution in [0.5, 0.6) is 0 Å². The van der Waals surface area contributed by atoms with Gasteiger partial charge in [-0.1, -0.05) is 0 Å². The van der Waals surface area contributed by atoms with E-state index in [0.717, 1.165) is 0 Å². The van der Waals surface area contributed by atoms with E-state index in [4.69, 9.17) is 0 Å². The van der Waals surface area contributed by atoms with Crippen LogP contribution in [0.4, 0.5) is 8.78 Å². The second-order valence-electron chi connectivity index (χ2n) is 3.35. The molecule has 0 atom stereocenters. The predicted octanol–water partition coefficient (Wildman–Crippen LogP) is 2.63. The fourth-order valence-electron chi connectivity index (χ4n) is 1.10. The molecule has 2 saturated carbocycles. The molecule has 10 radical (unpaired) electrons. The number of hydrogen-bond donors (Lipinski definition) is 0. The van der Waals surface area contributed by atoms with Crippen LogP contribution in [0, 0.1) is 63.7 Å². The molecule has 0 amide bonds. The molecule has 17 heavy (non-hydrogen) atoms. The summed E-state index contributed by atoms with van der Waals surface area (Å²) in [4.78, 5) is 10.8. The Hall–Kier alpha value is 0.0495. The van der Waals surface area contributed by atoms with E-state index in [9.17, 15) is 13.6 Å². The molecule has 2 aliphatic rings. The van der Waals surface area contributed by atoms with Crippen molar-refractivity contribution in [3.63, 3.8) is 0 Å². The van der Waals surface area contributed by atoms with Gasteiger partial charge in [-0.25, -0.2) is 0 Å². The zero-order valence-electron chi connectivity index (χ0n) is 9.21. The minimum absolute atomic E-state index is 0. The van der Waals surface area contributed by atoms with Gasteiger partial charge in [-0.05, 0) is 57.8 Å². The Kier molecular flexibility index (Phi) is 8.23. The number of ketones is 1. The van der Waals surface area contributed by atoms with Gasteiger partial charge in [0.25, 0.3) is 0 Å². The number of Topliss-reactive ketones (excluding diaryl/α,β-unsaturated/α-hetero) is 1. The van der Waals surface area contributed by atoms with Crippen LogP contribution in [0.3, 0.4) is 0 Å². The molecule has 2 fully saturated rings. The van der Waals surface area contributed by atoms with Gasteiger partial charge >= 0.3 is 5.92 Å². The molecule has 1 nitrogen and oxygen atoms in total. The summed E-state index contributed by atoms with van der Waals surface area (Å²) in [5.74, 6) is -4.31. The minimum atomic E-state index is -3.26. The molecule has 0 aromatic heterocycles. The maximum absolute atomic E-state index is 12.3. The fourth-order valence-corrected chi connectivity index (χ4v) is 1.10. The molecule has 4 heteroatoms. The summed E-state index contributed by atoms with van der Waals surface area (Å²) in [6.07, 6.45) is 15.9. The van der Waals surface area contributed by atoms with Crippen LogP contribution in [0.25, 0.3) is 0 Å². The normalized spacial score (nSPS) is 20.4. The monoisotopic (exact) mass is 278 g/mol. The van der Waals surface area contributed by atoms with E-state index in [1.165, 1.54) is 12.8 Å². The summed E-state index contributed by atoms with van der Waals surface area (Å²) < 4.78 is 24.7. The molecule has 2 rings (SSSR count). The second kappa shape index (κ2) is 8.20. The third kappa shape index (κ3) is 6.52. The first-order valence-electron chi connectivity index (χ1n) is 4.83. The topological polar surface area (TPSA) is 17.1 Å². The van der Waals surface area contributed by atoms with Crippen LogP contribution in [-0.4, -0.2) is 11.7 Å². The van der Waals surface area contributed by atoms with Gasteiger partial charge in [-0.3, -0.25) is 4.79 Å². The van der Waals surface area contributed by atoms with Crippen LogP contribution in [0.1, 0.15) is 6.92 Å². The van der Waals surface area contributed by atoms with Crippen molar-refractivity contribution < 1.29 is 30.6 Å². The van der Waals surface area contributed by atoms with Gasteiger partial charge in [0.2, 0.25) is 5.78 Å². The second-order valence-corrected chi connectivity index (χ2v) is 3.35. The summed E-state index contributed by atoms with van der Waals surface area (Å²) in [6.45, 7) is 0.600. The van der Waals surface area contributed by atoms with E-state index in [1.54, 1.807) is 12.8 Å². The molecule has 0 N–H and O–H groups in total. The Labute approximate surface area is 113 Å². The van der Waals surface area contributed by atoms with Gasteiger partial charge in [0.15, 0.2) is 0 Å². The van der Waals surface area contributed by atoms with E-state index in [1.807, 2.05) is 32.1 Å². The van der Waals surface area contributed by atoms with E-state index in [-0.39, 0.29) is 23.0 Å². The molecule has 92 valence electrons. The van der Waals surface area contributed by atoms with Crippen LogP contribution in [0.15, 0.2) is 0 Å². The molecule has 0 aromatic rings. The van der Waals surface area contributed by atoms with E-state index >= 15 is 0 Å². The van der Waals surface area contributed by atoms with Gasteiger partial charge in [0.05, 0.1) is 5.92 Å². The number of rotatable bonds is 2. The number of hydrogen-bond acceptors (Lipinski definition) is 1. The van der Waals surface area contributed by atoms with Gasteiger partial charge in [0, 0.05) is 24.0 Å². The number of carbonyl (C=O) groups excluding carboxylic acids is 1. The summed E-state index contributed by atoms with van der Waals surface area (Å²) in [6, 6.07) is 0. The molecule has 0 aromatic carbocycles. The molecule has 0 bridgehead atoms. The summed E-state index contributed by atoms with van der Waals surface area (Å²) in [5.41, 5.74) is 0. The molecule has 0 spiro atoms. The van der Waals surface area contributed by atoms with Crippen molar-refractivity contribution in [1.29, 1.82) is 0 Å². The smallest absolute Gasteiger partial charge is 0.292 e. The van der Waals surface area contributed by atoms with E-state index < -0.39 is 11.7 Å². The van der Waals surface area contributed by atoms with Crippen molar-refractivity contribution >= 4 is 5.78 Å². The zero-order chi connectivity index (χ0) is 12.0. The Bertz CT molecular complexity index is 208. The third-order valence-corrected chi connectivity index (χ3v) is 1.88. The van der Waals surface area contributed by atoms with Crippen LogP contribution in [-0.2, 0) is 21.9 Å². The van der Waals surface area contributed by atoms with Gasteiger partial charge in [0.1, 0.15) is 0 Å². The first-order valence-corrected chi connectivity index (χ1v) is 4.83. The van der Waals surface area contributed by atoms with Crippen LogP contribution >= 0.6 is 0 Å². The zero-order valence-corrected chi connectivity index (χ0v) is 10.3. The molecule has 2 aliphatic carbocycles. The van der Waals surface area contributed by atoms with E-state index in [2.05, 4.69) is 0 Å². The van der Waals surface area contributed by atoms with Crippen LogP contribution < -0.4 is 0 Å². The molecular weight excluding hydrogens is 266 g/mol. The third-order valence-electron chi connectivity index (χ3n) is 1.88. The summed E-state index contributed by atoms with van der Waals surface area (Å²) >= 11 is 0. The van der Waals surface area contributed by atoms with Crippen LogP contribution in [0.2, 0.25) is 0 Å². The molecule has 0 saturated heterocycles. The Morgan fingerprint density at radius 1 is 0.941 bits per heavy atom. The van der Waals surface area contributed by atoms with Crippen molar-refractivity contribution in [1.82, 2.24) is 0 Å². The van der Waals surface area contributed by atoms with Gasteiger partial charge in [-0.2, -0.15) is 8.78 Å². The van der Waals surface area contributed by atoms with Crippen molar-refractivity contribution in [2.24, 2.45) is 0 Å². The van der Waals surface area contributed by atoms with Crippen molar-refractivity contribution in [2.45, 2.75) is 12.8 Å². The number of alkyl halides is 2. The Morgan fingerprint density at radius 3 is 1.59 bits per heavy atom. The fraction of sp³-hybridized carbons (Fsp3) is 0.154. The molecule has 0 unspecified atom stereocenters. The Morgan fingerprint density at radius 2 is 1.29 bits per heavy atom. The summed E-state index contributed by atoms with van der Waals surface area (Å²) in [5, 5.41) is 0. The first kappa shape index (κ1) is 17.0.